The highest BCUT2D eigenvalue weighted by atomic mass is 15.4. The molecule has 13 heavy (non-hydrogen) atoms. The largest absolute Gasteiger partial charge is 0.361 e. The van der Waals surface area contributed by atoms with E-state index in [1.807, 2.05) is 0 Å². The van der Waals surface area contributed by atoms with Crippen LogP contribution in [0, 0.1) is 6.92 Å². The second-order valence-corrected chi connectivity index (χ2v) is 4.26. The van der Waals surface area contributed by atoms with Crippen molar-refractivity contribution in [3.8, 4) is 0 Å². The molecule has 1 heterocycles. The molecule has 0 unspecified atom stereocenters. The zero-order valence-corrected chi connectivity index (χ0v) is 8.68. The van der Waals surface area contributed by atoms with E-state index >= 15 is 0 Å². The fourth-order valence-corrected chi connectivity index (χ4v) is 1.74. The summed E-state index contributed by atoms with van der Waals surface area (Å²) in [5, 5.41) is 3.48. The summed E-state index contributed by atoms with van der Waals surface area (Å²) in [6.07, 6.45) is 0. The Morgan fingerprint density at radius 3 is 2.69 bits per heavy atom. The van der Waals surface area contributed by atoms with Crippen LogP contribution in [0.25, 0.3) is 0 Å². The van der Waals surface area contributed by atoms with Crippen molar-refractivity contribution in [2.75, 3.05) is 17.3 Å². The summed E-state index contributed by atoms with van der Waals surface area (Å²) in [5.41, 5.74) is 3.88. The lowest BCUT2D eigenvalue weighted by Crippen LogP contribution is -2.42. The number of fused-ring (bicyclic) bond motifs is 1. The number of nitrogens with one attached hydrogen (secondary N) is 1. The Labute approximate surface area is 79.6 Å². The van der Waals surface area contributed by atoms with Crippen LogP contribution >= 0.6 is 0 Å². The third-order valence-electron chi connectivity index (χ3n) is 2.79. The van der Waals surface area contributed by atoms with Crippen LogP contribution in [0.3, 0.4) is 0 Å². The molecule has 0 saturated carbocycles. The Morgan fingerprint density at radius 2 is 2.00 bits per heavy atom. The van der Waals surface area contributed by atoms with Gasteiger partial charge in [0.25, 0.3) is 0 Å². The van der Waals surface area contributed by atoms with E-state index in [0.717, 1.165) is 0 Å². The maximum absolute atomic E-state index is 3.48. The van der Waals surface area contributed by atoms with Crippen LogP contribution in [-0.4, -0.2) is 12.7 Å². The molecular weight excluding hydrogens is 160 g/mol. The third kappa shape index (κ3) is 1.17. The van der Waals surface area contributed by atoms with Crippen molar-refractivity contribution >= 4 is 11.4 Å². The van der Waals surface area contributed by atoms with Gasteiger partial charge in [-0.3, -0.25) is 0 Å². The lowest BCUT2D eigenvalue weighted by atomic mass is 10.2. The number of hydrogen-bond donors (Lipinski definition) is 1. The summed E-state index contributed by atoms with van der Waals surface area (Å²) in [7, 11) is 2.12. The van der Waals surface area contributed by atoms with Crippen LogP contribution in [-0.2, 0) is 0 Å². The minimum absolute atomic E-state index is 0.0378. The molecular formula is C11H16N2. The SMILES string of the molecule is Cc1ccc2c(c1)N(C)C(C)(C)N2. The van der Waals surface area contributed by atoms with Crippen LogP contribution in [0.5, 0.6) is 0 Å². The predicted molar refractivity (Wildman–Crippen MR) is 57.3 cm³/mol. The zero-order valence-electron chi connectivity index (χ0n) is 8.68. The zero-order chi connectivity index (χ0) is 9.64. The minimum atomic E-state index is 0.0378. The Hall–Kier alpha value is -1.18. The van der Waals surface area contributed by atoms with Gasteiger partial charge in [0.05, 0.1) is 11.4 Å². The molecule has 0 radical (unpaired) electrons. The van der Waals surface area contributed by atoms with Crippen molar-refractivity contribution in [2.24, 2.45) is 0 Å². The third-order valence-corrected chi connectivity index (χ3v) is 2.79. The standard InChI is InChI=1S/C11H16N2/c1-8-5-6-9-10(7-8)13(4)11(2,3)12-9/h5-7,12H,1-4H3. The molecule has 0 bridgehead atoms. The lowest BCUT2D eigenvalue weighted by Gasteiger charge is -2.29. The van der Waals surface area contributed by atoms with Gasteiger partial charge in [0, 0.05) is 7.05 Å². The Morgan fingerprint density at radius 1 is 1.31 bits per heavy atom. The Bertz CT molecular complexity index is 342. The maximum Gasteiger partial charge on any atom is 0.104 e. The van der Waals surface area contributed by atoms with Crippen molar-refractivity contribution in [2.45, 2.75) is 26.4 Å². The normalized spacial score (nSPS) is 18.3. The van der Waals surface area contributed by atoms with Gasteiger partial charge < -0.3 is 10.2 Å². The molecule has 70 valence electrons. The number of anilines is 2. The number of hydrogen-bond acceptors (Lipinski definition) is 2. The number of nitrogens with zero attached hydrogens (tertiary/aromatic N) is 1. The number of benzene rings is 1. The van der Waals surface area contributed by atoms with Crippen molar-refractivity contribution < 1.29 is 0 Å². The van der Waals surface area contributed by atoms with Gasteiger partial charge in [-0.1, -0.05) is 6.07 Å². The van der Waals surface area contributed by atoms with Crippen molar-refractivity contribution in [3.05, 3.63) is 23.8 Å². The molecule has 1 aromatic carbocycles. The van der Waals surface area contributed by atoms with Gasteiger partial charge in [-0.25, -0.2) is 0 Å². The maximum atomic E-state index is 3.48. The topological polar surface area (TPSA) is 15.3 Å². The first-order valence-corrected chi connectivity index (χ1v) is 4.63. The fraction of sp³-hybridized carbons (Fsp3) is 0.455. The molecule has 1 aromatic rings. The first kappa shape index (κ1) is 8.42. The van der Waals surface area contributed by atoms with Gasteiger partial charge >= 0.3 is 0 Å². The number of rotatable bonds is 0. The molecule has 0 amide bonds. The molecule has 0 aliphatic carbocycles. The summed E-state index contributed by atoms with van der Waals surface area (Å²) in [6, 6.07) is 6.51. The van der Waals surface area contributed by atoms with Crippen LogP contribution < -0.4 is 10.2 Å². The predicted octanol–water partition coefficient (Wildman–Crippen LogP) is 2.59. The number of aryl methyl sites for hydroxylation is 1. The molecule has 0 saturated heterocycles. The van der Waals surface area contributed by atoms with E-state index in [1.165, 1.54) is 16.9 Å². The van der Waals surface area contributed by atoms with E-state index in [0.29, 0.717) is 0 Å². The van der Waals surface area contributed by atoms with Gasteiger partial charge in [0.15, 0.2) is 0 Å². The molecule has 0 spiro atoms. The lowest BCUT2D eigenvalue weighted by molar-refractivity contribution is 0.579. The van der Waals surface area contributed by atoms with Gasteiger partial charge in [-0.15, -0.1) is 0 Å². The molecule has 0 atom stereocenters. The van der Waals surface area contributed by atoms with Gasteiger partial charge in [-0.2, -0.15) is 0 Å². The van der Waals surface area contributed by atoms with Crippen LogP contribution in [0.4, 0.5) is 11.4 Å². The average molecular weight is 176 g/mol. The quantitative estimate of drug-likeness (QED) is 0.653. The van der Waals surface area contributed by atoms with Crippen LogP contribution in [0.15, 0.2) is 18.2 Å². The van der Waals surface area contributed by atoms with Gasteiger partial charge in [0.2, 0.25) is 0 Å². The summed E-state index contributed by atoms with van der Waals surface area (Å²) < 4.78 is 0. The first-order chi connectivity index (χ1) is 6.00. The van der Waals surface area contributed by atoms with Gasteiger partial charge in [-0.05, 0) is 38.5 Å². The Balaban J connectivity index is 2.51. The first-order valence-electron chi connectivity index (χ1n) is 4.63. The van der Waals surface area contributed by atoms with E-state index < -0.39 is 0 Å². The van der Waals surface area contributed by atoms with E-state index in [9.17, 15) is 0 Å². The second kappa shape index (κ2) is 2.41. The summed E-state index contributed by atoms with van der Waals surface area (Å²) in [6.45, 7) is 6.49. The van der Waals surface area contributed by atoms with Crippen molar-refractivity contribution in [1.29, 1.82) is 0 Å². The van der Waals surface area contributed by atoms with Crippen LogP contribution in [0.2, 0.25) is 0 Å². The Kier molecular flexibility index (Phi) is 1.56. The van der Waals surface area contributed by atoms with Crippen molar-refractivity contribution in [1.82, 2.24) is 0 Å². The highest BCUT2D eigenvalue weighted by molar-refractivity contribution is 5.77. The molecule has 0 aromatic heterocycles. The van der Waals surface area contributed by atoms with E-state index in [4.69, 9.17) is 0 Å². The second-order valence-electron chi connectivity index (χ2n) is 4.26. The molecule has 1 N–H and O–H groups in total. The highest BCUT2D eigenvalue weighted by Gasteiger charge is 2.31. The fourth-order valence-electron chi connectivity index (χ4n) is 1.74. The summed E-state index contributed by atoms with van der Waals surface area (Å²) >= 11 is 0. The summed E-state index contributed by atoms with van der Waals surface area (Å²) in [4.78, 5) is 2.27. The monoisotopic (exact) mass is 176 g/mol. The summed E-state index contributed by atoms with van der Waals surface area (Å²) in [5.74, 6) is 0. The molecule has 2 rings (SSSR count). The molecule has 2 nitrogen and oxygen atoms in total. The molecule has 2 heteroatoms. The van der Waals surface area contributed by atoms with E-state index in [2.05, 4.69) is 56.2 Å². The molecule has 1 aliphatic heterocycles. The molecule has 0 fully saturated rings. The van der Waals surface area contributed by atoms with E-state index in [1.54, 1.807) is 0 Å². The smallest absolute Gasteiger partial charge is 0.104 e. The average Bonchev–Trinajstić information content (AvgIpc) is 2.26. The van der Waals surface area contributed by atoms with Crippen molar-refractivity contribution in [3.63, 3.8) is 0 Å². The van der Waals surface area contributed by atoms with E-state index in [-0.39, 0.29) is 5.66 Å². The molecule has 1 aliphatic rings. The minimum Gasteiger partial charge on any atom is -0.361 e. The van der Waals surface area contributed by atoms with Gasteiger partial charge in [0.1, 0.15) is 5.66 Å². The highest BCUT2D eigenvalue weighted by Crippen LogP contribution is 2.38. The van der Waals surface area contributed by atoms with Crippen LogP contribution in [0.1, 0.15) is 19.4 Å².